The van der Waals surface area contributed by atoms with Gasteiger partial charge in [-0.25, -0.2) is 4.79 Å². The fraction of sp³-hybridized carbons (Fsp3) is 0. The normalized spacial score (nSPS) is 10.9. The fourth-order valence-electron chi connectivity index (χ4n) is 3.01. The van der Waals surface area contributed by atoms with Crippen molar-refractivity contribution < 1.29 is 19.6 Å². The van der Waals surface area contributed by atoms with Gasteiger partial charge in [0.2, 0.25) is 5.43 Å². The van der Waals surface area contributed by atoms with Gasteiger partial charge < -0.3 is 14.8 Å². The SMILES string of the molecule is O=C(O)c1ccc(Oc2ccc([N+](=O)[O-])c3[nH]c4ccccc4c(=O)c23)cc1. The number of aromatic carboxylic acids is 1. The Balaban J connectivity index is 1.94. The van der Waals surface area contributed by atoms with Crippen LogP contribution in [-0.4, -0.2) is 21.0 Å². The summed E-state index contributed by atoms with van der Waals surface area (Å²) in [6.07, 6.45) is 0. The summed E-state index contributed by atoms with van der Waals surface area (Å²) in [6.45, 7) is 0. The molecule has 0 aliphatic rings. The van der Waals surface area contributed by atoms with E-state index in [0.29, 0.717) is 16.7 Å². The third kappa shape index (κ3) is 2.82. The Labute approximate surface area is 156 Å². The number of aromatic nitrogens is 1. The van der Waals surface area contributed by atoms with Crippen LogP contribution in [0.2, 0.25) is 0 Å². The highest BCUT2D eigenvalue weighted by Gasteiger charge is 2.20. The van der Waals surface area contributed by atoms with Gasteiger partial charge in [0.05, 0.1) is 15.9 Å². The van der Waals surface area contributed by atoms with E-state index in [1.165, 1.54) is 36.4 Å². The molecule has 0 spiro atoms. The van der Waals surface area contributed by atoms with E-state index in [0.717, 1.165) is 0 Å². The molecule has 0 fully saturated rings. The lowest BCUT2D eigenvalue weighted by Crippen LogP contribution is -2.07. The standard InChI is InChI=1S/C20H12N2O6/c23-19-13-3-1-2-4-14(13)21-18-15(22(26)27)9-10-16(17(18)19)28-12-7-5-11(6-8-12)20(24)25/h1-10H,(H,21,23)(H,24,25). The molecule has 4 aromatic rings. The molecule has 0 unspecified atom stereocenters. The number of nitro groups is 1. The fourth-order valence-corrected chi connectivity index (χ4v) is 3.01. The van der Waals surface area contributed by atoms with Crippen LogP contribution >= 0.6 is 0 Å². The van der Waals surface area contributed by atoms with Crippen LogP contribution in [0.15, 0.2) is 65.5 Å². The molecule has 0 aliphatic heterocycles. The summed E-state index contributed by atoms with van der Waals surface area (Å²) in [4.78, 5) is 37.8. The number of carboxylic acid groups (broad SMARTS) is 1. The lowest BCUT2D eigenvalue weighted by Gasteiger charge is -2.10. The minimum atomic E-state index is -1.07. The van der Waals surface area contributed by atoms with Gasteiger partial charge in [-0.1, -0.05) is 12.1 Å². The molecule has 0 aliphatic carbocycles. The molecule has 8 heteroatoms. The van der Waals surface area contributed by atoms with Crippen molar-refractivity contribution in [3.05, 3.63) is 86.6 Å². The van der Waals surface area contributed by atoms with Gasteiger partial charge in [-0.2, -0.15) is 0 Å². The zero-order valence-electron chi connectivity index (χ0n) is 14.2. The number of carboxylic acids is 1. The molecule has 0 atom stereocenters. The van der Waals surface area contributed by atoms with Gasteiger partial charge in [-0.3, -0.25) is 14.9 Å². The molecule has 0 amide bonds. The summed E-state index contributed by atoms with van der Waals surface area (Å²) < 4.78 is 5.76. The summed E-state index contributed by atoms with van der Waals surface area (Å²) in [7, 11) is 0. The largest absolute Gasteiger partial charge is 0.478 e. The molecule has 0 radical (unpaired) electrons. The molecule has 1 aromatic heterocycles. The first-order chi connectivity index (χ1) is 13.5. The molecule has 0 bridgehead atoms. The van der Waals surface area contributed by atoms with E-state index in [9.17, 15) is 19.7 Å². The number of nitrogens with one attached hydrogen (secondary N) is 1. The molecule has 4 rings (SSSR count). The Morgan fingerprint density at radius 2 is 1.75 bits per heavy atom. The smallest absolute Gasteiger partial charge is 0.335 e. The minimum Gasteiger partial charge on any atom is -0.478 e. The highest BCUT2D eigenvalue weighted by atomic mass is 16.6. The number of pyridine rings is 1. The number of rotatable bonds is 4. The Bertz CT molecular complexity index is 1310. The summed E-state index contributed by atoms with van der Waals surface area (Å²) in [5.41, 5.74) is -0.0131. The molecule has 2 N–H and O–H groups in total. The van der Waals surface area contributed by atoms with Crippen molar-refractivity contribution in [3.8, 4) is 11.5 Å². The predicted molar refractivity (Wildman–Crippen MR) is 102 cm³/mol. The molecule has 0 saturated carbocycles. The number of non-ortho nitro benzene ring substituents is 1. The maximum absolute atomic E-state index is 13.0. The van der Waals surface area contributed by atoms with E-state index < -0.39 is 16.3 Å². The van der Waals surface area contributed by atoms with Crippen molar-refractivity contribution in [2.45, 2.75) is 0 Å². The first-order valence-electron chi connectivity index (χ1n) is 8.19. The molecule has 0 saturated heterocycles. The van der Waals surface area contributed by atoms with Gasteiger partial charge in [0.15, 0.2) is 0 Å². The number of nitro benzene ring substituents is 1. The Morgan fingerprint density at radius 1 is 1.04 bits per heavy atom. The van der Waals surface area contributed by atoms with Gasteiger partial charge in [0, 0.05) is 17.0 Å². The second kappa shape index (κ2) is 6.51. The summed E-state index contributed by atoms with van der Waals surface area (Å²) in [6, 6.07) is 15.0. The molecular weight excluding hydrogens is 364 g/mol. The van der Waals surface area contributed by atoms with Crippen LogP contribution in [0.25, 0.3) is 21.8 Å². The van der Waals surface area contributed by atoms with Crippen molar-refractivity contribution in [2.75, 3.05) is 0 Å². The van der Waals surface area contributed by atoms with Gasteiger partial charge in [-0.15, -0.1) is 0 Å². The Kier molecular flexibility index (Phi) is 4.00. The zero-order chi connectivity index (χ0) is 19.8. The highest BCUT2D eigenvalue weighted by molar-refractivity contribution is 5.99. The number of carbonyl (C=O) groups is 1. The van der Waals surface area contributed by atoms with Gasteiger partial charge in [0.25, 0.3) is 5.69 Å². The topological polar surface area (TPSA) is 123 Å². The zero-order valence-corrected chi connectivity index (χ0v) is 14.2. The molecule has 8 nitrogen and oxygen atoms in total. The highest BCUT2D eigenvalue weighted by Crippen LogP contribution is 2.33. The van der Waals surface area contributed by atoms with Crippen molar-refractivity contribution in [1.29, 1.82) is 0 Å². The van der Waals surface area contributed by atoms with Crippen molar-refractivity contribution in [1.82, 2.24) is 4.98 Å². The molecular formula is C20H12N2O6. The summed E-state index contributed by atoms with van der Waals surface area (Å²) in [5.74, 6) is -0.640. The molecule has 1 heterocycles. The maximum Gasteiger partial charge on any atom is 0.335 e. The van der Waals surface area contributed by atoms with Crippen LogP contribution in [-0.2, 0) is 0 Å². The predicted octanol–water partition coefficient (Wildman–Crippen LogP) is 4.08. The number of ether oxygens (including phenoxy) is 1. The number of hydrogen-bond donors (Lipinski definition) is 2. The van der Waals surface area contributed by atoms with Crippen LogP contribution in [0, 0.1) is 10.1 Å². The van der Waals surface area contributed by atoms with E-state index >= 15 is 0 Å². The second-order valence-corrected chi connectivity index (χ2v) is 6.02. The lowest BCUT2D eigenvalue weighted by atomic mass is 10.1. The van der Waals surface area contributed by atoms with E-state index in [1.54, 1.807) is 24.3 Å². The number of hydrogen-bond acceptors (Lipinski definition) is 5. The Morgan fingerprint density at radius 3 is 2.43 bits per heavy atom. The van der Waals surface area contributed by atoms with Crippen molar-refractivity contribution in [3.63, 3.8) is 0 Å². The minimum absolute atomic E-state index is 0.0511. The average molecular weight is 376 g/mol. The quantitative estimate of drug-likeness (QED) is 0.314. The van der Waals surface area contributed by atoms with Crippen molar-refractivity contribution in [2.24, 2.45) is 0 Å². The van der Waals surface area contributed by atoms with Gasteiger partial charge in [0.1, 0.15) is 17.0 Å². The van der Waals surface area contributed by atoms with E-state index in [-0.39, 0.29) is 27.9 Å². The molecule has 138 valence electrons. The first-order valence-corrected chi connectivity index (χ1v) is 8.19. The number of fused-ring (bicyclic) bond motifs is 2. The summed E-state index contributed by atoms with van der Waals surface area (Å²) >= 11 is 0. The van der Waals surface area contributed by atoms with E-state index in [4.69, 9.17) is 9.84 Å². The number of benzene rings is 3. The summed E-state index contributed by atoms with van der Waals surface area (Å²) in [5, 5.41) is 20.8. The van der Waals surface area contributed by atoms with Crippen LogP contribution < -0.4 is 10.2 Å². The monoisotopic (exact) mass is 376 g/mol. The van der Waals surface area contributed by atoms with Crippen LogP contribution in [0.4, 0.5) is 5.69 Å². The van der Waals surface area contributed by atoms with Crippen LogP contribution in [0.1, 0.15) is 10.4 Å². The first kappa shape index (κ1) is 17.2. The van der Waals surface area contributed by atoms with Gasteiger partial charge in [-0.05, 0) is 42.5 Å². The third-order valence-corrected chi connectivity index (χ3v) is 4.33. The third-order valence-electron chi connectivity index (χ3n) is 4.33. The number of aromatic amines is 1. The van der Waals surface area contributed by atoms with E-state index in [2.05, 4.69) is 4.98 Å². The number of nitrogens with zero attached hydrogens (tertiary/aromatic N) is 1. The molecule has 3 aromatic carbocycles. The lowest BCUT2D eigenvalue weighted by molar-refractivity contribution is -0.383. The second-order valence-electron chi connectivity index (χ2n) is 6.02. The molecule has 28 heavy (non-hydrogen) atoms. The average Bonchev–Trinajstić information content (AvgIpc) is 2.68. The van der Waals surface area contributed by atoms with E-state index in [1.807, 2.05) is 0 Å². The maximum atomic E-state index is 13.0. The number of H-pyrrole nitrogens is 1. The van der Waals surface area contributed by atoms with Crippen LogP contribution in [0.3, 0.4) is 0 Å². The van der Waals surface area contributed by atoms with Gasteiger partial charge >= 0.3 is 5.97 Å². The van der Waals surface area contributed by atoms with Crippen molar-refractivity contribution >= 4 is 33.5 Å². The van der Waals surface area contributed by atoms with Crippen LogP contribution in [0.5, 0.6) is 11.5 Å². The Hall–Kier alpha value is -4.20. The number of para-hydroxylation sites is 1.